The van der Waals surface area contributed by atoms with Crippen LogP contribution in [0.4, 0.5) is 4.39 Å². The summed E-state index contributed by atoms with van der Waals surface area (Å²) in [6.45, 7) is 1.22. The van der Waals surface area contributed by atoms with Gasteiger partial charge >= 0.3 is 0 Å². The highest BCUT2D eigenvalue weighted by atomic mass is 79.9. The zero-order valence-corrected chi connectivity index (χ0v) is 8.72. The van der Waals surface area contributed by atoms with Crippen molar-refractivity contribution in [1.29, 1.82) is 0 Å². The molecule has 2 unspecified atom stereocenters. The van der Waals surface area contributed by atoms with E-state index < -0.39 is 6.17 Å². The molecule has 1 aliphatic heterocycles. The van der Waals surface area contributed by atoms with Crippen LogP contribution < -0.4 is 5.32 Å². The van der Waals surface area contributed by atoms with Crippen LogP contribution in [0.1, 0.15) is 11.5 Å². The summed E-state index contributed by atoms with van der Waals surface area (Å²) in [5.41, 5.74) is 1.07. The third kappa shape index (κ3) is 1.76. The lowest BCUT2D eigenvalue weighted by molar-refractivity contribution is 0.331. The van der Waals surface area contributed by atoms with E-state index in [1.165, 1.54) is 0 Å². The molecule has 1 aromatic rings. The number of nitrogens with one attached hydrogen (secondary N) is 1. The molecule has 1 N–H and O–H groups in total. The number of halogens is 2. The van der Waals surface area contributed by atoms with Crippen LogP contribution in [0, 0.1) is 0 Å². The standard InChI is InChI=1S/C10H11BrFN/c11-9-4-2-1-3-7(9)8-5-13-6-10(8)12/h1-4,8,10,13H,5-6H2. The Balaban J connectivity index is 2.29. The van der Waals surface area contributed by atoms with Gasteiger partial charge < -0.3 is 5.32 Å². The van der Waals surface area contributed by atoms with Crippen LogP contribution >= 0.6 is 15.9 Å². The molecule has 0 bridgehead atoms. The summed E-state index contributed by atoms with van der Waals surface area (Å²) in [6.07, 6.45) is -0.751. The second-order valence-electron chi connectivity index (χ2n) is 3.30. The summed E-state index contributed by atoms with van der Waals surface area (Å²) in [5, 5.41) is 3.05. The quantitative estimate of drug-likeness (QED) is 0.800. The van der Waals surface area contributed by atoms with Crippen molar-refractivity contribution in [2.24, 2.45) is 0 Å². The van der Waals surface area contributed by atoms with E-state index >= 15 is 0 Å². The summed E-state index contributed by atoms with van der Waals surface area (Å²) >= 11 is 3.44. The van der Waals surface area contributed by atoms with Crippen LogP contribution in [0.5, 0.6) is 0 Å². The van der Waals surface area contributed by atoms with Crippen LogP contribution in [0.15, 0.2) is 28.7 Å². The highest BCUT2D eigenvalue weighted by Crippen LogP contribution is 2.30. The van der Waals surface area contributed by atoms with Gasteiger partial charge in [-0.15, -0.1) is 0 Å². The summed E-state index contributed by atoms with van der Waals surface area (Å²) < 4.78 is 14.4. The fraction of sp³-hybridized carbons (Fsp3) is 0.400. The van der Waals surface area contributed by atoms with E-state index in [0.717, 1.165) is 16.6 Å². The number of hydrogen-bond donors (Lipinski definition) is 1. The minimum absolute atomic E-state index is 0.00979. The zero-order valence-electron chi connectivity index (χ0n) is 7.13. The third-order valence-electron chi connectivity index (χ3n) is 2.44. The predicted octanol–water partition coefficient (Wildman–Crippen LogP) is 2.47. The van der Waals surface area contributed by atoms with E-state index in [1.54, 1.807) is 0 Å². The Hall–Kier alpha value is -0.410. The van der Waals surface area contributed by atoms with Crippen molar-refractivity contribution in [2.45, 2.75) is 12.1 Å². The zero-order chi connectivity index (χ0) is 9.26. The van der Waals surface area contributed by atoms with Crippen molar-refractivity contribution in [3.63, 3.8) is 0 Å². The maximum atomic E-state index is 13.4. The van der Waals surface area contributed by atoms with Crippen molar-refractivity contribution in [3.05, 3.63) is 34.3 Å². The van der Waals surface area contributed by atoms with Crippen LogP contribution in [0.3, 0.4) is 0 Å². The monoisotopic (exact) mass is 243 g/mol. The smallest absolute Gasteiger partial charge is 0.121 e. The topological polar surface area (TPSA) is 12.0 Å². The van der Waals surface area contributed by atoms with Gasteiger partial charge in [0.05, 0.1) is 0 Å². The van der Waals surface area contributed by atoms with Crippen molar-refractivity contribution in [1.82, 2.24) is 5.32 Å². The molecule has 1 nitrogen and oxygen atoms in total. The normalized spacial score (nSPS) is 27.8. The number of rotatable bonds is 1. The molecule has 0 saturated carbocycles. The van der Waals surface area contributed by atoms with Gasteiger partial charge in [0.1, 0.15) is 6.17 Å². The Morgan fingerprint density at radius 3 is 2.69 bits per heavy atom. The van der Waals surface area contributed by atoms with E-state index in [1.807, 2.05) is 24.3 Å². The molecule has 70 valence electrons. The maximum Gasteiger partial charge on any atom is 0.121 e. The second kappa shape index (κ2) is 3.76. The number of alkyl halides is 1. The lowest BCUT2D eigenvalue weighted by Crippen LogP contribution is -2.11. The van der Waals surface area contributed by atoms with Gasteiger partial charge in [-0.3, -0.25) is 0 Å². The molecule has 13 heavy (non-hydrogen) atoms. The van der Waals surface area contributed by atoms with E-state index in [4.69, 9.17) is 0 Å². The Kier molecular flexibility index (Phi) is 2.65. The first-order chi connectivity index (χ1) is 6.29. The van der Waals surface area contributed by atoms with Gasteiger partial charge in [0.2, 0.25) is 0 Å². The van der Waals surface area contributed by atoms with Gasteiger partial charge in [0.25, 0.3) is 0 Å². The maximum absolute atomic E-state index is 13.4. The molecule has 2 atom stereocenters. The third-order valence-corrected chi connectivity index (χ3v) is 3.17. The Labute approximate surface area is 85.5 Å². The Morgan fingerprint density at radius 2 is 2.08 bits per heavy atom. The highest BCUT2D eigenvalue weighted by molar-refractivity contribution is 9.10. The molecule has 0 spiro atoms. The van der Waals surface area contributed by atoms with Crippen LogP contribution in [-0.2, 0) is 0 Å². The van der Waals surface area contributed by atoms with Crippen molar-refractivity contribution in [2.75, 3.05) is 13.1 Å². The summed E-state index contributed by atoms with van der Waals surface area (Å²) in [6, 6.07) is 7.84. The fourth-order valence-corrected chi connectivity index (χ4v) is 2.31. The summed E-state index contributed by atoms with van der Waals surface area (Å²) in [4.78, 5) is 0. The molecule has 1 saturated heterocycles. The van der Waals surface area contributed by atoms with Gasteiger partial charge in [-0.25, -0.2) is 4.39 Å². The molecule has 3 heteroatoms. The predicted molar refractivity (Wildman–Crippen MR) is 54.6 cm³/mol. The molecule has 1 fully saturated rings. The van der Waals surface area contributed by atoms with Crippen LogP contribution in [0.2, 0.25) is 0 Å². The first-order valence-corrected chi connectivity index (χ1v) is 5.17. The van der Waals surface area contributed by atoms with Crippen molar-refractivity contribution < 1.29 is 4.39 Å². The first kappa shape index (κ1) is 9.16. The molecular weight excluding hydrogens is 233 g/mol. The lowest BCUT2D eigenvalue weighted by atomic mass is 9.97. The molecule has 0 aliphatic carbocycles. The van der Waals surface area contributed by atoms with Gasteiger partial charge in [-0.1, -0.05) is 34.1 Å². The lowest BCUT2D eigenvalue weighted by Gasteiger charge is -2.13. The molecular formula is C10H11BrFN. The summed E-state index contributed by atoms with van der Waals surface area (Å²) in [7, 11) is 0. The van der Waals surface area contributed by atoms with Gasteiger partial charge in [0, 0.05) is 23.5 Å². The van der Waals surface area contributed by atoms with E-state index in [9.17, 15) is 4.39 Å². The molecule has 0 aromatic heterocycles. The average Bonchev–Trinajstić information content (AvgIpc) is 2.52. The highest BCUT2D eigenvalue weighted by Gasteiger charge is 2.29. The van der Waals surface area contributed by atoms with Crippen molar-refractivity contribution >= 4 is 15.9 Å². The minimum Gasteiger partial charge on any atom is -0.313 e. The fourth-order valence-electron chi connectivity index (χ4n) is 1.73. The average molecular weight is 244 g/mol. The Morgan fingerprint density at radius 1 is 1.31 bits per heavy atom. The Bertz CT molecular complexity index is 303. The molecule has 1 aliphatic rings. The van der Waals surface area contributed by atoms with Gasteiger partial charge in [-0.2, -0.15) is 0 Å². The van der Waals surface area contributed by atoms with Crippen LogP contribution in [-0.4, -0.2) is 19.3 Å². The number of benzene rings is 1. The number of hydrogen-bond acceptors (Lipinski definition) is 1. The van der Waals surface area contributed by atoms with Gasteiger partial charge in [0.15, 0.2) is 0 Å². The SMILES string of the molecule is FC1CNCC1c1ccccc1Br. The van der Waals surface area contributed by atoms with E-state index in [2.05, 4.69) is 21.2 Å². The largest absolute Gasteiger partial charge is 0.313 e. The van der Waals surface area contributed by atoms with E-state index in [-0.39, 0.29) is 5.92 Å². The van der Waals surface area contributed by atoms with Crippen molar-refractivity contribution in [3.8, 4) is 0 Å². The summed E-state index contributed by atoms with van der Waals surface area (Å²) in [5.74, 6) is 0.00979. The molecule has 1 aromatic carbocycles. The minimum atomic E-state index is -0.751. The van der Waals surface area contributed by atoms with E-state index in [0.29, 0.717) is 6.54 Å². The second-order valence-corrected chi connectivity index (χ2v) is 4.16. The van der Waals surface area contributed by atoms with Crippen LogP contribution in [0.25, 0.3) is 0 Å². The first-order valence-electron chi connectivity index (χ1n) is 4.38. The molecule has 0 radical (unpaired) electrons. The van der Waals surface area contributed by atoms with Gasteiger partial charge in [-0.05, 0) is 11.6 Å². The molecule has 1 heterocycles. The molecule has 2 rings (SSSR count). The molecule has 0 amide bonds.